The highest BCUT2D eigenvalue weighted by Gasteiger charge is 2.12. The van der Waals surface area contributed by atoms with Gasteiger partial charge in [0.25, 0.3) is 5.91 Å². The SMILES string of the molecule is Cc1ccc(COc2ccc(C(=O)N/N=C/c3ccc(OC(=O)c4ccccc4Cl)cc3)cc2)cc1. The third-order valence-electron chi connectivity index (χ3n) is 5.21. The number of hydrogen-bond donors (Lipinski definition) is 1. The van der Waals surface area contributed by atoms with E-state index in [-0.39, 0.29) is 5.91 Å². The Morgan fingerprint density at radius 2 is 1.53 bits per heavy atom. The summed E-state index contributed by atoms with van der Waals surface area (Å²) in [6.45, 7) is 2.49. The molecule has 6 nitrogen and oxygen atoms in total. The van der Waals surface area contributed by atoms with Crippen LogP contribution in [0, 0.1) is 6.92 Å². The highest BCUT2D eigenvalue weighted by molar-refractivity contribution is 6.33. The second kappa shape index (κ2) is 11.8. The summed E-state index contributed by atoms with van der Waals surface area (Å²) in [6.07, 6.45) is 1.50. The van der Waals surface area contributed by atoms with Crippen LogP contribution in [-0.2, 0) is 6.61 Å². The summed E-state index contributed by atoms with van der Waals surface area (Å²) < 4.78 is 11.1. The molecule has 0 unspecified atom stereocenters. The lowest BCUT2D eigenvalue weighted by molar-refractivity contribution is 0.0734. The molecule has 0 aromatic heterocycles. The number of amides is 1. The van der Waals surface area contributed by atoms with Gasteiger partial charge in [0.15, 0.2) is 0 Å². The predicted octanol–water partition coefficient (Wildman–Crippen LogP) is 6.21. The van der Waals surface area contributed by atoms with Crippen molar-refractivity contribution in [3.05, 3.63) is 130 Å². The molecule has 0 saturated carbocycles. The first-order chi connectivity index (χ1) is 17.5. The summed E-state index contributed by atoms with van der Waals surface area (Å²) in [5, 5.41) is 4.32. The Bertz CT molecular complexity index is 1370. The fraction of sp³-hybridized carbons (Fsp3) is 0.0690. The fourth-order valence-electron chi connectivity index (χ4n) is 3.19. The molecule has 0 bridgehead atoms. The van der Waals surface area contributed by atoms with Gasteiger partial charge in [-0.1, -0.05) is 53.6 Å². The third kappa shape index (κ3) is 6.81. The molecule has 4 aromatic carbocycles. The van der Waals surface area contributed by atoms with Crippen LogP contribution in [0.4, 0.5) is 0 Å². The first-order valence-corrected chi connectivity index (χ1v) is 11.5. The fourth-order valence-corrected chi connectivity index (χ4v) is 3.41. The largest absolute Gasteiger partial charge is 0.489 e. The third-order valence-corrected chi connectivity index (χ3v) is 5.54. The molecule has 180 valence electrons. The van der Waals surface area contributed by atoms with Crippen molar-refractivity contribution in [1.29, 1.82) is 0 Å². The smallest absolute Gasteiger partial charge is 0.345 e. The summed E-state index contributed by atoms with van der Waals surface area (Å²) in [5.41, 5.74) is 6.23. The van der Waals surface area contributed by atoms with E-state index in [9.17, 15) is 9.59 Å². The van der Waals surface area contributed by atoms with E-state index in [4.69, 9.17) is 21.1 Å². The number of hydrogen-bond acceptors (Lipinski definition) is 5. The molecule has 4 rings (SSSR count). The van der Waals surface area contributed by atoms with Gasteiger partial charge in [0.2, 0.25) is 0 Å². The highest BCUT2D eigenvalue weighted by atomic mass is 35.5. The molecular formula is C29H23ClN2O4. The van der Waals surface area contributed by atoms with Crippen LogP contribution in [0.15, 0.2) is 102 Å². The number of rotatable bonds is 8. The van der Waals surface area contributed by atoms with E-state index in [1.54, 1.807) is 72.8 Å². The van der Waals surface area contributed by atoms with Crippen LogP contribution in [0.25, 0.3) is 0 Å². The van der Waals surface area contributed by atoms with Crippen LogP contribution < -0.4 is 14.9 Å². The maximum atomic E-state index is 12.4. The van der Waals surface area contributed by atoms with Crippen molar-refractivity contribution in [3.63, 3.8) is 0 Å². The molecule has 1 amide bonds. The van der Waals surface area contributed by atoms with Crippen molar-refractivity contribution in [2.45, 2.75) is 13.5 Å². The lowest BCUT2D eigenvalue weighted by Gasteiger charge is -2.07. The average Bonchev–Trinajstić information content (AvgIpc) is 2.90. The minimum Gasteiger partial charge on any atom is -0.489 e. The number of hydrazone groups is 1. The summed E-state index contributed by atoms with van der Waals surface area (Å²) >= 11 is 6.03. The van der Waals surface area contributed by atoms with Crippen molar-refractivity contribution in [2.24, 2.45) is 5.10 Å². The Kier molecular flexibility index (Phi) is 8.11. The molecule has 0 aliphatic carbocycles. The second-order valence-corrected chi connectivity index (χ2v) is 8.34. The number of ether oxygens (including phenoxy) is 2. The molecule has 0 heterocycles. The Morgan fingerprint density at radius 3 is 2.22 bits per heavy atom. The van der Waals surface area contributed by atoms with E-state index in [0.29, 0.717) is 39.8 Å². The van der Waals surface area contributed by atoms with Crippen LogP contribution in [0.2, 0.25) is 5.02 Å². The van der Waals surface area contributed by atoms with E-state index >= 15 is 0 Å². The van der Waals surface area contributed by atoms with Crippen LogP contribution in [0.1, 0.15) is 37.4 Å². The summed E-state index contributed by atoms with van der Waals surface area (Å²) in [4.78, 5) is 24.6. The van der Waals surface area contributed by atoms with Gasteiger partial charge < -0.3 is 9.47 Å². The number of carbonyl (C=O) groups is 2. The van der Waals surface area contributed by atoms with Crippen LogP contribution in [0.3, 0.4) is 0 Å². The molecule has 0 atom stereocenters. The summed E-state index contributed by atoms with van der Waals surface area (Å²) in [5.74, 6) is 0.152. The average molecular weight is 499 g/mol. The zero-order valence-corrected chi connectivity index (χ0v) is 20.2. The van der Waals surface area contributed by atoms with Crippen LogP contribution >= 0.6 is 11.6 Å². The molecule has 0 radical (unpaired) electrons. The molecule has 0 aliphatic heterocycles. The van der Waals surface area contributed by atoms with Gasteiger partial charge >= 0.3 is 5.97 Å². The molecule has 7 heteroatoms. The van der Waals surface area contributed by atoms with Crippen molar-refractivity contribution >= 4 is 29.7 Å². The monoisotopic (exact) mass is 498 g/mol. The first kappa shape index (κ1) is 24.7. The zero-order chi connectivity index (χ0) is 25.3. The van der Waals surface area contributed by atoms with Crippen molar-refractivity contribution < 1.29 is 19.1 Å². The van der Waals surface area contributed by atoms with E-state index in [1.807, 2.05) is 31.2 Å². The van der Waals surface area contributed by atoms with Crippen LogP contribution in [-0.4, -0.2) is 18.1 Å². The van der Waals surface area contributed by atoms with Gasteiger partial charge in [-0.3, -0.25) is 4.79 Å². The first-order valence-electron chi connectivity index (χ1n) is 11.2. The van der Waals surface area contributed by atoms with Gasteiger partial charge in [-0.25, -0.2) is 10.2 Å². The van der Waals surface area contributed by atoms with Crippen molar-refractivity contribution in [3.8, 4) is 11.5 Å². The molecule has 0 spiro atoms. The molecule has 0 saturated heterocycles. The number of nitrogens with zero attached hydrogens (tertiary/aromatic N) is 1. The van der Waals surface area contributed by atoms with Gasteiger partial charge in [-0.05, 0) is 78.7 Å². The number of esters is 1. The number of nitrogens with one attached hydrogen (secondary N) is 1. The van der Waals surface area contributed by atoms with Gasteiger partial charge in [-0.2, -0.15) is 5.10 Å². The quantitative estimate of drug-likeness (QED) is 0.135. The molecule has 0 fully saturated rings. The van der Waals surface area contributed by atoms with E-state index in [2.05, 4.69) is 10.5 Å². The van der Waals surface area contributed by atoms with E-state index < -0.39 is 5.97 Å². The normalized spacial score (nSPS) is 10.7. The summed E-state index contributed by atoms with van der Waals surface area (Å²) in [6, 6.07) is 28.3. The van der Waals surface area contributed by atoms with Crippen molar-refractivity contribution in [2.75, 3.05) is 0 Å². The topological polar surface area (TPSA) is 77.0 Å². The van der Waals surface area contributed by atoms with Gasteiger partial charge in [0.1, 0.15) is 18.1 Å². The van der Waals surface area contributed by atoms with E-state index in [1.165, 1.54) is 11.8 Å². The molecular weight excluding hydrogens is 476 g/mol. The van der Waals surface area contributed by atoms with Crippen LogP contribution in [0.5, 0.6) is 11.5 Å². The highest BCUT2D eigenvalue weighted by Crippen LogP contribution is 2.19. The second-order valence-electron chi connectivity index (χ2n) is 7.94. The molecule has 0 aliphatic rings. The minimum atomic E-state index is -0.541. The maximum absolute atomic E-state index is 12.4. The molecule has 4 aromatic rings. The van der Waals surface area contributed by atoms with E-state index in [0.717, 1.165) is 5.56 Å². The Hall–Kier alpha value is -4.42. The minimum absolute atomic E-state index is 0.290. The van der Waals surface area contributed by atoms with Gasteiger partial charge in [0, 0.05) is 5.56 Å². The van der Waals surface area contributed by atoms with Crippen molar-refractivity contribution in [1.82, 2.24) is 5.43 Å². The molecule has 36 heavy (non-hydrogen) atoms. The Labute approximate surface area is 214 Å². The number of benzene rings is 4. The Morgan fingerprint density at radius 1 is 0.861 bits per heavy atom. The maximum Gasteiger partial charge on any atom is 0.345 e. The molecule has 1 N–H and O–H groups in total. The van der Waals surface area contributed by atoms with Gasteiger partial charge in [0.05, 0.1) is 16.8 Å². The predicted molar refractivity (Wildman–Crippen MR) is 140 cm³/mol. The number of aryl methyl sites for hydroxylation is 1. The number of halogens is 1. The lowest BCUT2D eigenvalue weighted by Crippen LogP contribution is -2.17. The van der Waals surface area contributed by atoms with Gasteiger partial charge in [-0.15, -0.1) is 0 Å². The summed E-state index contributed by atoms with van der Waals surface area (Å²) in [7, 11) is 0. The lowest BCUT2D eigenvalue weighted by atomic mass is 10.2. The zero-order valence-electron chi connectivity index (χ0n) is 19.5. The number of carbonyl (C=O) groups excluding carboxylic acids is 2. The Balaban J connectivity index is 1.26. The standard InChI is InChI=1S/C29H23ClN2O4/c1-20-6-8-22(9-7-20)19-35-24-16-12-23(13-17-24)28(33)32-31-18-21-10-14-25(15-11-21)36-29(34)26-4-2-3-5-27(26)30/h2-18H,19H2,1H3,(H,32,33)/b31-18+.